The van der Waals surface area contributed by atoms with Gasteiger partial charge in [-0.15, -0.1) is 0 Å². The van der Waals surface area contributed by atoms with E-state index in [-0.39, 0.29) is 0 Å². The van der Waals surface area contributed by atoms with Crippen molar-refractivity contribution in [2.75, 3.05) is 13.1 Å². The molecule has 0 radical (unpaired) electrons. The Bertz CT molecular complexity index is 323. The molecule has 0 atom stereocenters. The molecule has 0 aromatic rings. The van der Waals surface area contributed by atoms with Crippen LogP contribution in [0.4, 0.5) is 4.79 Å². The van der Waals surface area contributed by atoms with E-state index in [1.165, 1.54) is 4.90 Å². The summed E-state index contributed by atoms with van der Waals surface area (Å²) in [6.07, 6.45) is 13.0. The maximum absolute atomic E-state index is 10.8. The lowest BCUT2D eigenvalue weighted by molar-refractivity contribution is 0.120. The molecule has 1 fully saturated rings. The Morgan fingerprint density at radius 1 is 1.06 bits per heavy atom. The number of nitrogens with zero attached hydrogens (tertiary/aromatic N) is 2. The summed E-state index contributed by atoms with van der Waals surface area (Å²) >= 11 is 0. The maximum atomic E-state index is 10.8. The summed E-state index contributed by atoms with van der Waals surface area (Å²) in [6.45, 7) is 1.26. The van der Waals surface area contributed by atoms with Crippen molar-refractivity contribution in [1.82, 2.24) is 9.80 Å². The van der Waals surface area contributed by atoms with Crippen molar-refractivity contribution in [3.8, 4) is 0 Å². The molecule has 2 heterocycles. The molecule has 2 rings (SSSR count). The molecule has 0 bridgehead atoms. The third kappa shape index (κ3) is 2.45. The molecule has 0 unspecified atom stereocenters. The molecule has 86 valence electrons. The van der Waals surface area contributed by atoms with Gasteiger partial charge in [-0.1, -0.05) is 12.2 Å². The zero-order valence-corrected chi connectivity index (χ0v) is 9.12. The smallest absolute Gasteiger partial charge is 0.407 e. The first-order valence-corrected chi connectivity index (χ1v) is 5.54. The minimum Gasteiger partial charge on any atom is -0.465 e. The highest BCUT2D eigenvalue weighted by Gasteiger charge is 2.24. The van der Waals surface area contributed by atoms with Crippen molar-refractivity contribution < 1.29 is 9.90 Å². The fourth-order valence-corrected chi connectivity index (χ4v) is 2.07. The summed E-state index contributed by atoms with van der Waals surface area (Å²) in [5.74, 6) is 0. The fourth-order valence-electron chi connectivity index (χ4n) is 2.07. The van der Waals surface area contributed by atoms with E-state index in [1.807, 2.05) is 36.7 Å². The monoisotopic (exact) mass is 220 g/mol. The number of allylic oxidation sites excluding steroid dienone is 4. The second-order valence-corrected chi connectivity index (χ2v) is 4.02. The molecule has 1 amide bonds. The zero-order valence-electron chi connectivity index (χ0n) is 9.12. The first-order valence-electron chi connectivity index (χ1n) is 5.54. The van der Waals surface area contributed by atoms with Crippen LogP contribution in [-0.4, -0.2) is 40.1 Å². The predicted molar refractivity (Wildman–Crippen MR) is 61.9 cm³/mol. The van der Waals surface area contributed by atoms with E-state index < -0.39 is 6.09 Å². The number of piperidine rings is 1. The molecule has 0 spiro atoms. The van der Waals surface area contributed by atoms with Crippen molar-refractivity contribution in [1.29, 1.82) is 0 Å². The number of hydrogen-bond acceptors (Lipinski definition) is 2. The van der Waals surface area contributed by atoms with Crippen LogP contribution in [-0.2, 0) is 0 Å². The van der Waals surface area contributed by atoms with Crippen molar-refractivity contribution in [2.24, 2.45) is 0 Å². The van der Waals surface area contributed by atoms with Crippen molar-refractivity contribution in [3.05, 3.63) is 36.7 Å². The Balaban J connectivity index is 1.91. The van der Waals surface area contributed by atoms with E-state index in [9.17, 15) is 4.79 Å². The molecule has 16 heavy (non-hydrogen) atoms. The van der Waals surface area contributed by atoms with Gasteiger partial charge in [-0.2, -0.15) is 0 Å². The van der Waals surface area contributed by atoms with Crippen molar-refractivity contribution in [3.63, 3.8) is 0 Å². The molecule has 2 aliphatic heterocycles. The van der Waals surface area contributed by atoms with Crippen LogP contribution in [0.25, 0.3) is 0 Å². The topological polar surface area (TPSA) is 43.8 Å². The average molecular weight is 220 g/mol. The zero-order chi connectivity index (χ0) is 11.4. The van der Waals surface area contributed by atoms with Gasteiger partial charge < -0.3 is 14.9 Å². The van der Waals surface area contributed by atoms with Gasteiger partial charge >= 0.3 is 6.09 Å². The molecular formula is C12H16N2O2. The molecule has 0 aliphatic carbocycles. The summed E-state index contributed by atoms with van der Waals surface area (Å²) in [6, 6.07) is 0.419. The maximum Gasteiger partial charge on any atom is 0.407 e. The molecule has 0 saturated carbocycles. The highest BCUT2D eigenvalue weighted by molar-refractivity contribution is 5.65. The van der Waals surface area contributed by atoms with Gasteiger partial charge in [0.2, 0.25) is 0 Å². The Kier molecular flexibility index (Phi) is 3.29. The number of hydrogen-bond donors (Lipinski definition) is 1. The number of carboxylic acid groups (broad SMARTS) is 1. The largest absolute Gasteiger partial charge is 0.465 e. The Morgan fingerprint density at radius 3 is 2.12 bits per heavy atom. The number of amides is 1. The Morgan fingerprint density at radius 2 is 1.62 bits per heavy atom. The van der Waals surface area contributed by atoms with Crippen LogP contribution < -0.4 is 0 Å². The second-order valence-electron chi connectivity index (χ2n) is 4.02. The summed E-state index contributed by atoms with van der Waals surface area (Å²) in [5.41, 5.74) is 0. The Labute approximate surface area is 95.1 Å². The van der Waals surface area contributed by atoms with Crippen LogP contribution in [0.1, 0.15) is 12.8 Å². The van der Waals surface area contributed by atoms with E-state index in [2.05, 4.69) is 4.90 Å². The summed E-state index contributed by atoms with van der Waals surface area (Å²) in [7, 11) is 0. The van der Waals surface area contributed by atoms with Gasteiger partial charge in [0, 0.05) is 31.5 Å². The van der Waals surface area contributed by atoms with E-state index in [4.69, 9.17) is 5.11 Å². The van der Waals surface area contributed by atoms with Crippen molar-refractivity contribution >= 4 is 6.09 Å². The quantitative estimate of drug-likeness (QED) is 0.735. The van der Waals surface area contributed by atoms with Gasteiger partial charge in [-0.25, -0.2) is 4.79 Å². The third-order valence-corrected chi connectivity index (χ3v) is 3.01. The summed E-state index contributed by atoms with van der Waals surface area (Å²) in [4.78, 5) is 14.4. The normalized spacial score (nSPS) is 21.2. The van der Waals surface area contributed by atoms with E-state index in [1.54, 1.807) is 0 Å². The number of carbonyl (C=O) groups is 1. The second kappa shape index (κ2) is 4.88. The van der Waals surface area contributed by atoms with Crippen LogP contribution in [0.15, 0.2) is 36.7 Å². The minimum absolute atomic E-state index is 0.419. The molecule has 1 saturated heterocycles. The van der Waals surface area contributed by atoms with Gasteiger partial charge in [0.15, 0.2) is 0 Å². The van der Waals surface area contributed by atoms with Crippen LogP contribution in [0.5, 0.6) is 0 Å². The van der Waals surface area contributed by atoms with Gasteiger partial charge in [0.1, 0.15) is 0 Å². The lowest BCUT2D eigenvalue weighted by Crippen LogP contribution is -2.43. The lowest BCUT2D eigenvalue weighted by Gasteiger charge is -2.35. The van der Waals surface area contributed by atoms with Crippen molar-refractivity contribution in [2.45, 2.75) is 18.9 Å². The van der Waals surface area contributed by atoms with Crippen LogP contribution >= 0.6 is 0 Å². The molecule has 4 nitrogen and oxygen atoms in total. The molecule has 0 aromatic heterocycles. The van der Waals surface area contributed by atoms with Crippen LogP contribution in [0, 0.1) is 0 Å². The van der Waals surface area contributed by atoms with Gasteiger partial charge in [-0.3, -0.25) is 0 Å². The lowest BCUT2D eigenvalue weighted by atomic mass is 10.0. The minimum atomic E-state index is -0.804. The predicted octanol–water partition coefficient (Wildman–Crippen LogP) is 2.03. The van der Waals surface area contributed by atoms with E-state index >= 15 is 0 Å². The summed E-state index contributed by atoms with van der Waals surface area (Å²) in [5, 5.41) is 8.85. The third-order valence-electron chi connectivity index (χ3n) is 3.01. The molecular weight excluding hydrogens is 204 g/mol. The van der Waals surface area contributed by atoms with Crippen LogP contribution in [0.3, 0.4) is 0 Å². The number of likely N-dealkylation sites (tertiary alicyclic amines) is 1. The van der Waals surface area contributed by atoms with Crippen LogP contribution in [0.2, 0.25) is 0 Å². The first kappa shape index (κ1) is 10.8. The summed E-state index contributed by atoms with van der Waals surface area (Å²) < 4.78 is 0. The highest BCUT2D eigenvalue weighted by atomic mass is 16.4. The molecule has 4 heteroatoms. The fraction of sp³-hybridized carbons (Fsp3) is 0.417. The highest BCUT2D eigenvalue weighted by Crippen LogP contribution is 2.18. The molecule has 0 aromatic carbocycles. The van der Waals surface area contributed by atoms with Gasteiger partial charge in [-0.05, 0) is 25.0 Å². The van der Waals surface area contributed by atoms with Gasteiger partial charge in [0.25, 0.3) is 0 Å². The molecule has 2 aliphatic rings. The SMILES string of the molecule is O=C(O)N1CCC(N2C=CC=CC=C2)CC1. The van der Waals surface area contributed by atoms with E-state index in [0.29, 0.717) is 19.1 Å². The Hall–Kier alpha value is -1.71. The first-order chi connectivity index (χ1) is 7.77. The van der Waals surface area contributed by atoms with Gasteiger partial charge in [0.05, 0.1) is 0 Å². The van der Waals surface area contributed by atoms with E-state index in [0.717, 1.165) is 12.8 Å². The number of rotatable bonds is 1. The average Bonchev–Trinajstić information content (AvgIpc) is 2.57. The standard InChI is InChI=1S/C12H16N2O2/c15-12(16)14-9-5-11(6-10-14)13-7-3-1-2-4-8-13/h1-4,7-8,11H,5-6,9-10H2,(H,15,16). The molecule has 1 N–H and O–H groups in total.